The fourth-order valence-corrected chi connectivity index (χ4v) is 1.53. The number of nitrogens with one attached hydrogen (secondary N) is 1. The van der Waals surface area contributed by atoms with Gasteiger partial charge in [-0.15, -0.1) is 0 Å². The summed E-state index contributed by atoms with van der Waals surface area (Å²) in [7, 11) is 0. The quantitative estimate of drug-likeness (QED) is 0.759. The van der Waals surface area contributed by atoms with E-state index in [-0.39, 0.29) is 5.56 Å². The maximum Gasteiger partial charge on any atom is 0.337 e. The molecule has 0 aliphatic rings. The number of para-hydroxylation sites is 1. The van der Waals surface area contributed by atoms with E-state index in [0.717, 1.165) is 17.5 Å². The van der Waals surface area contributed by atoms with Gasteiger partial charge in [0.2, 0.25) is 0 Å². The first-order valence-corrected chi connectivity index (χ1v) is 4.43. The van der Waals surface area contributed by atoms with Crippen LogP contribution in [0, 0.1) is 0 Å². The van der Waals surface area contributed by atoms with E-state index in [0.29, 0.717) is 5.52 Å². The smallest absolute Gasteiger partial charge is 0.337 e. The Kier molecular flexibility index (Phi) is 1.96. The van der Waals surface area contributed by atoms with Gasteiger partial charge in [0.25, 0.3) is 0 Å². The van der Waals surface area contributed by atoms with E-state index in [2.05, 4.69) is 10.2 Å². The molecule has 0 spiro atoms. The van der Waals surface area contributed by atoms with Crippen LogP contribution in [0.3, 0.4) is 0 Å². The number of aryl methyl sites for hydroxylation is 1. The lowest BCUT2D eigenvalue weighted by molar-refractivity contribution is 0.0699. The van der Waals surface area contributed by atoms with Crippen molar-refractivity contribution in [2.75, 3.05) is 0 Å². The van der Waals surface area contributed by atoms with Crippen molar-refractivity contribution in [1.29, 1.82) is 0 Å². The van der Waals surface area contributed by atoms with Crippen LogP contribution in [-0.4, -0.2) is 21.3 Å². The number of carboxylic acids is 1. The fourth-order valence-electron chi connectivity index (χ4n) is 1.53. The molecular weight excluding hydrogens is 180 g/mol. The monoisotopic (exact) mass is 190 g/mol. The average Bonchev–Trinajstić information content (AvgIpc) is 2.59. The summed E-state index contributed by atoms with van der Waals surface area (Å²) in [6.07, 6.45) is 0.819. The van der Waals surface area contributed by atoms with Gasteiger partial charge in [0.15, 0.2) is 0 Å². The minimum absolute atomic E-state index is 0.249. The van der Waals surface area contributed by atoms with Crippen LogP contribution in [0.1, 0.15) is 23.0 Å². The van der Waals surface area contributed by atoms with Crippen LogP contribution in [0.25, 0.3) is 10.9 Å². The summed E-state index contributed by atoms with van der Waals surface area (Å²) in [5.74, 6) is -0.940. The molecular formula is C10H10N2O2. The molecule has 1 aromatic carbocycles. The molecule has 0 saturated heterocycles. The van der Waals surface area contributed by atoms with E-state index >= 15 is 0 Å². The van der Waals surface area contributed by atoms with Crippen molar-refractivity contribution in [3.05, 3.63) is 29.5 Å². The molecule has 1 heterocycles. The minimum Gasteiger partial charge on any atom is -0.478 e. The van der Waals surface area contributed by atoms with Crippen molar-refractivity contribution in [1.82, 2.24) is 10.2 Å². The maximum atomic E-state index is 10.9. The van der Waals surface area contributed by atoms with Crippen LogP contribution in [0.2, 0.25) is 0 Å². The standard InChI is InChI=1S/C10H10N2O2/c1-2-8-6-4-3-5-7(10(13)14)9(6)12-11-8/h3-5H,2H2,1H3,(H,11,12)(H,13,14). The Morgan fingerprint density at radius 3 is 3.00 bits per heavy atom. The van der Waals surface area contributed by atoms with Crippen molar-refractivity contribution in [3.8, 4) is 0 Å². The lowest BCUT2D eigenvalue weighted by Gasteiger charge is -1.95. The van der Waals surface area contributed by atoms with Gasteiger partial charge in [-0.05, 0) is 12.5 Å². The van der Waals surface area contributed by atoms with Crippen molar-refractivity contribution in [2.45, 2.75) is 13.3 Å². The molecule has 0 amide bonds. The van der Waals surface area contributed by atoms with Crippen molar-refractivity contribution in [2.24, 2.45) is 0 Å². The Labute approximate surface area is 80.6 Å². The van der Waals surface area contributed by atoms with Crippen LogP contribution in [0.5, 0.6) is 0 Å². The highest BCUT2D eigenvalue weighted by Crippen LogP contribution is 2.19. The van der Waals surface area contributed by atoms with E-state index < -0.39 is 5.97 Å². The first kappa shape index (κ1) is 8.74. The molecule has 4 nitrogen and oxygen atoms in total. The van der Waals surface area contributed by atoms with Gasteiger partial charge in [-0.2, -0.15) is 5.10 Å². The first-order valence-electron chi connectivity index (χ1n) is 4.43. The fraction of sp³-hybridized carbons (Fsp3) is 0.200. The van der Waals surface area contributed by atoms with E-state index in [1.807, 2.05) is 13.0 Å². The highest BCUT2D eigenvalue weighted by Gasteiger charge is 2.12. The highest BCUT2D eigenvalue weighted by atomic mass is 16.4. The molecule has 0 saturated carbocycles. The van der Waals surface area contributed by atoms with Crippen LogP contribution in [-0.2, 0) is 6.42 Å². The molecule has 72 valence electrons. The SMILES string of the molecule is CCc1[nH]nc2c(C(=O)O)cccc12. The molecule has 4 heteroatoms. The molecule has 2 rings (SSSR count). The molecule has 0 aliphatic carbocycles. The van der Waals surface area contributed by atoms with Crippen LogP contribution >= 0.6 is 0 Å². The summed E-state index contributed by atoms with van der Waals surface area (Å²) in [5.41, 5.74) is 1.76. The number of H-pyrrole nitrogens is 1. The van der Waals surface area contributed by atoms with Gasteiger partial charge in [-0.1, -0.05) is 19.1 Å². The zero-order chi connectivity index (χ0) is 10.1. The summed E-state index contributed by atoms with van der Waals surface area (Å²) >= 11 is 0. The number of hydrogen-bond donors (Lipinski definition) is 2. The summed E-state index contributed by atoms with van der Waals surface area (Å²) in [4.78, 5) is 10.9. The van der Waals surface area contributed by atoms with Gasteiger partial charge in [0, 0.05) is 11.1 Å². The number of fused-ring (bicyclic) bond motifs is 1. The van der Waals surface area contributed by atoms with Gasteiger partial charge < -0.3 is 5.11 Å². The predicted molar refractivity (Wildman–Crippen MR) is 52.4 cm³/mol. The number of nitrogens with zero attached hydrogens (tertiary/aromatic N) is 1. The molecule has 2 aromatic rings. The Bertz CT molecular complexity index is 488. The number of carbonyl (C=O) groups is 1. The van der Waals surface area contributed by atoms with Crippen molar-refractivity contribution in [3.63, 3.8) is 0 Å². The second-order valence-electron chi connectivity index (χ2n) is 3.06. The van der Waals surface area contributed by atoms with Gasteiger partial charge >= 0.3 is 5.97 Å². The van der Waals surface area contributed by atoms with Crippen molar-refractivity contribution < 1.29 is 9.90 Å². The molecule has 0 bridgehead atoms. The zero-order valence-corrected chi connectivity index (χ0v) is 7.74. The molecule has 0 unspecified atom stereocenters. The second-order valence-corrected chi connectivity index (χ2v) is 3.06. The Morgan fingerprint density at radius 2 is 2.36 bits per heavy atom. The third-order valence-electron chi connectivity index (χ3n) is 2.25. The number of aromatic amines is 1. The lowest BCUT2D eigenvalue weighted by Crippen LogP contribution is -1.96. The van der Waals surface area contributed by atoms with E-state index in [4.69, 9.17) is 5.11 Å². The Hall–Kier alpha value is -1.84. The van der Waals surface area contributed by atoms with Gasteiger partial charge in [0.05, 0.1) is 5.56 Å². The van der Waals surface area contributed by atoms with Crippen LogP contribution < -0.4 is 0 Å². The number of rotatable bonds is 2. The normalized spacial score (nSPS) is 10.6. The zero-order valence-electron chi connectivity index (χ0n) is 7.74. The molecule has 1 aromatic heterocycles. The molecule has 0 aliphatic heterocycles. The number of aromatic nitrogens is 2. The van der Waals surface area contributed by atoms with Gasteiger partial charge in [0.1, 0.15) is 5.52 Å². The molecule has 0 radical (unpaired) electrons. The third-order valence-corrected chi connectivity index (χ3v) is 2.25. The minimum atomic E-state index is -0.940. The van der Waals surface area contributed by atoms with Crippen molar-refractivity contribution >= 4 is 16.9 Å². The Balaban J connectivity index is 2.76. The summed E-state index contributed by atoms with van der Waals surface area (Å²) in [6, 6.07) is 5.18. The molecule has 0 fully saturated rings. The number of carboxylic acid groups (broad SMARTS) is 1. The maximum absolute atomic E-state index is 10.9. The molecule has 2 N–H and O–H groups in total. The summed E-state index contributed by atoms with van der Waals surface area (Å²) in [6.45, 7) is 2.00. The van der Waals surface area contributed by atoms with Crippen LogP contribution in [0.4, 0.5) is 0 Å². The highest BCUT2D eigenvalue weighted by molar-refractivity contribution is 6.02. The van der Waals surface area contributed by atoms with Gasteiger partial charge in [-0.25, -0.2) is 4.79 Å². The average molecular weight is 190 g/mol. The predicted octanol–water partition coefficient (Wildman–Crippen LogP) is 1.82. The van der Waals surface area contributed by atoms with Gasteiger partial charge in [-0.3, -0.25) is 5.10 Å². The second kappa shape index (κ2) is 3.14. The Morgan fingerprint density at radius 1 is 1.57 bits per heavy atom. The summed E-state index contributed by atoms with van der Waals surface area (Å²) < 4.78 is 0. The largest absolute Gasteiger partial charge is 0.478 e. The number of hydrogen-bond acceptors (Lipinski definition) is 2. The topological polar surface area (TPSA) is 66.0 Å². The molecule has 0 atom stereocenters. The summed E-state index contributed by atoms with van der Waals surface area (Å²) in [5, 5.41) is 16.7. The lowest BCUT2D eigenvalue weighted by atomic mass is 10.1. The van der Waals surface area contributed by atoms with E-state index in [9.17, 15) is 4.79 Å². The van der Waals surface area contributed by atoms with E-state index in [1.165, 1.54) is 0 Å². The third kappa shape index (κ3) is 1.16. The molecule has 14 heavy (non-hydrogen) atoms. The van der Waals surface area contributed by atoms with E-state index in [1.54, 1.807) is 12.1 Å². The number of aromatic carboxylic acids is 1. The number of benzene rings is 1. The van der Waals surface area contributed by atoms with Crippen LogP contribution in [0.15, 0.2) is 18.2 Å². The first-order chi connectivity index (χ1) is 6.74.